The molecule has 15 nitrogen and oxygen atoms in total. The summed E-state index contributed by atoms with van der Waals surface area (Å²) in [7, 11) is -7.36. The lowest BCUT2D eigenvalue weighted by atomic mass is 9.90. The van der Waals surface area contributed by atoms with Gasteiger partial charge in [0.05, 0.1) is 35.0 Å². The van der Waals surface area contributed by atoms with Gasteiger partial charge in [-0.2, -0.15) is 17.6 Å². The van der Waals surface area contributed by atoms with Gasteiger partial charge < -0.3 is 19.1 Å². The van der Waals surface area contributed by atoms with Crippen LogP contribution < -0.4 is 13.9 Å². The summed E-state index contributed by atoms with van der Waals surface area (Å²) in [5.74, 6) is -1.53. The highest BCUT2D eigenvalue weighted by molar-refractivity contribution is 7.93. The molecule has 0 spiro atoms. The van der Waals surface area contributed by atoms with Gasteiger partial charge in [0.25, 0.3) is 11.8 Å². The Morgan fingerprint density at radius 2 is 0.972 bits per heavy atom. The van der Waals surface area contributed by atoms with Gasteiger partial charge in [0.1, 0.15) is 0 Å². The monoisotopic (exact) mass is 1070 g/mol. The molecule has 4 aliphatic rings. The van der Waals surface area contributed by atoms with Crippen LogP contribution in [0.25, 0.3) is 22.9 Å². The molecule has 4 aromatic carbocycles. The summed E-state index contributed by atoms with van der Waals surface area (Å²) in [5.41, 5.74) is 3.38. The van der Waals surface area contributed by atoms with E-state index in [-0.39, 0.29) is 24.9 Å². The maximum Gasteiger partial charge on any atom is 0.314 e. The number of sulfonamides is 2. The lowest BCUT2D eigenvalue weighted by Crippen LogP contribution is -2.59. The van der Waals surface area contributed by atoms with Gasteiger partial charge in [-0.3, -0.25) is 13.5 Å². The Hall–Kier alpha value is -5.16. The summed E-state index contributed by atoms with van der Waals surface area (Å²) in [6.45, 7) is 5.19. The number of benzene rings is 4. The number of nitrogens with one attached hydrogen (secondary N) is 1. The SMILES string of the molecule is O=S(=O)(C1CCN(C2CCC2)CC1)N(Cc1ccc(-c2nnc(C(F)F)o2)cc1)c1cccc(Cl)c1.O=S(=O)(C1CCN(C2CNC2)CC1)N(Cc1ccc(-c2nnc(C(F)F)o2)cc1)c1cccc(Cl)c1. The van der Waals surface area contributed by atoms with Gasteiger partial charge in [0.2, 0.25) is 31.8 Å². The van der Waals surface area contributed by atoms with E-state index in [1.54, 1.807) is 97.1 Å². The summed E-state index contributed by atoms with van der Waals surface area (Å²) in [6, 6.07) is 28.2. The first-order valence-corrected chi connectivity index (χ1v) is 27.5. The van der Waals surface area contributed by atoms with Crippen LogP contribution in [0.4, 0.5) is 28.9 Å². The molecule has 0 bridgehead atoms. The van der Waals surface area contributed by atoms with Crippen LogP contribution in [0, 0.1) is 0 Å². The number of nitrogens with zero attached hydrogens (tertiary/aromatic N) is 8. The highest BCUT2D eigenvalue weighted by atomic mass is 35.5. The Balaban J connectivity index is 0.000000178. The van der Waals surface area contributed by atoms with Gasteiger partial charge in [-0.25, -0.2) is 16.8 Å². The maximum absolute atomic E-state index is 13.9. The Morgan fingerprint density at radius 1 is 0.569 bits per heavy atom. The summed E-state index contributed by atoms with van der Waals surface area (Å²) in [6.07, 6.45) is 0.295. The fourth-order valence-corrected chi connectivity index (χ4v) is 13.5. The molecule has 1 N–H and O–H groups in total. The third-order valence-corrected chi connectivity index (χ3v) is 18.8. The van der Waals surface area contributed by atoms with E-state index in [1.165, 1.54) is 27.9 Å². The van der Waals surface area contributed by atoms with Gasteiger partial charge in [0.15, 0.2) is 0 Å². The van der Waals surface area contributed by atoms with Gasteiger partial charge in [-0.15, -0.1) is 20.4 Å². The average Bonchev–Trinajstić information content (AvgIpc) is 4.05. The minimum Gasteiger partial charge on any atom is -0.415 e. The molecule has 10 rings (SSSR count). The van der Waals surface area contributed by atoms with E-state index in [2.05, 4.69) is 35.5 Å². The van der Waals surface area contributed by atoms with Crippen molar-refractivity contribution in [2.24, 2.45) is 0 Å². The Morgan fingerprint density at radius 3 is 1.29 bits per heavy atom. The van der Waals surface area contributed by atoms with Crippen molar-refractivity contribution in [1.82, 2.24) is 35.5 Å². The van der Waals surface area contributed by atoms with Gasteiger partial charge in [0, 0.05) is 46.3 Å². The largest absolute Gasteiger partial charge is 0.415 e. The van der Waals surface area contributed by atoms with Crippen LogP contribution in [0.15, 0.2) is 106 Å². The lowest BCUT2D eigenvalue weighted by molar-refractivity contribution is 0.106. The van der Waals surface area contributed by atoms with Crippen molar-refractivity contribution in [3.05, 3.63) is 130 Å². The minimum absolute atomic E-state index is 0.0191. The summed E-state index contributed by atoms with van der Waals surface area (Å²) in [4.78, 5) is 4.79. The third kappa shape index (κ3) is 11.9. The van der Waals surface area contributed by atoms with Crippen molar-refractivity contribution in [2.75, 3.05) is 47.9 Å². The molecule has 5 heterocycles. The van der Waals surface area contributed by atoms with E-state index in [0.717, 1.165) is 44.8 Å². The topological polar surface area (TPSA) is 171 Å². The number of rotatable bonds is 16. The molecule has 6 aromatic rings. The maximum atomic E-state index is 13.9. The molecule has 0 atom stereocenters. The molecular formula is C49H53Cl2F4N9O6S2. The lowest BCUT2D eigenvalue weighted by Gasteiger charge is -2.42. The minimum atomic E-state index is -3.69. The Labute approximate surface area is 425 Å². The van der Waals surface area contributed by atoms with Gasteiger partial charge in [-0.05, 0) is 136 Å². The Kier molecular flexibility index (Phi) is 16.2. The molecule has 1 saturated carbocycles. The molecule has 3 aliphatic heterocycles. The number of piperidine rings is 2. The molecule has 23 heteroatoms. The molecule has 3 saturated heterocycles. The number of anilines is 2. The van der Waals surface area contributed by atoms with Crippen LogP contribution in [0.2, 0.25) is 10.0 Å². The molecule has 72 heavy (non-hydrogen) atoms. The van der Waals surface area contributed by atoms with E-state index in [4.69, 9.17) is 32.0 Å². The normalized spacial score (nSPS) is 17.9. The van der Waals surface area contributed by atoms with Crippen molar-refractivity contribution in [3.63, 3.8) is 0 Å². The van der Waals surface area contributed by atoms with E-state index >= 15 is 0 Å². The first-order chi connectivity index (χ1) is 34.6. The zero-order chi connectivity index (χ0) is 50.6. The predicted molar refractivity (Wildman–Crippen MR) is 266 cm³/mol. The second kappa shape index (κ2) is 22.5. The first kappa shape index (κ1) is 51.7. The fourth-order valence-electron chi connectivity index (χ4n) is 9.36. The number of hydrogen-bond donors (Lipinski definition) is 1. The molecule has 0 unspecified atom stereocenters. The number of alkyl halides is 4. The summed E-state index contributed by atoms with van der Waals surface area (Å²) >= 11 is 12.4. The molecule has 4 fully saturated rings. The highest BCUT2D eigenvalue weighted by Crippen LogP contribution is 2.35. The summed E-state index contributed by atoms with van der Waals surface area (Å²) < 4.78 is 119. The van der Waals surface area contributed by atoms with Gasteiger partial charge >= 0.3 is 12.9 Å². The van der Waals surface area contributed by atoms with Crippen molar-refractivity contribution >= 4 is 54.6 Å². The number of hydrogen-bond acceptors (Lipinski definition) is 13. The quantitative estimate of drug-likeness (QED) is 0.0910. The zero-order valence-corrected chi connectivity index (χ0v) is 42.1. The van der Waals surface area contributed by atoms with Crippen molar-refractivity contribution in [1.29, 1.82) is 0 Å². The zero-order valence-electron chi connectivity index (χ0n) is 38.9. The van der Waals surface area contributed by atoms with Gasteiger partial charge in [-0.1, -0.05) is 66.0 Å². The number of likely N-dealkylation sites (tertiary alicyclic amines) is 2. The Bertz CT molecular complexity index is 2790. The van der Waals surface area contributed by atoms with Crippen LogP contribution >= 0.6 is 23.2 Å². The predicted octanol–water partition coefficient (Wildman–Crippen LogP) is 9.78. The van der Waals surface area contributed by atoms with Crippen molar-refractivity contribution in [3.8, 4) is 22.9 Å². The standard InChI is InChI=1S/C25H27ClF2N4O3S.C24H26ClF2N5O3S/c26-19-3-1-6-21(15-19)32(36(33,34)22-11-13-31(14-12-22)20-4-2-5-20)16-17-7-9-18(10-8-17)24-29-30-25(35-24)23(27)28;25-18-2-1-3-19(12-18)32(36(33,34)21-8-10-31(11-9-21)20-13-28-14-20)15-16-4-6-17(7-5-16)23-29-30-24(35-23)22(26)27/h1,3,6-10,15,20,22-23H,2,4-5,11-14,16H2;1-7,12,20-22,28H,8-11,13-15H2. The first-order valence-electron chi connectivity index (χ1n) is 23.8. The molecular weight excluding hydrogens is 1020 g/mol. The van der Waals surface area contributed by atoms with Crippen LogP contribution in [-0.4, -0.2) is 109 Å². The van der Waals surface area contributed by atoms with Crippen LogP contribution in [0.3, 0.4) is 0 Å². The molecule has 2 aromatic heterocycles. The van der Waals surface area contributed by atoms with E-state index in [1.807, 2.05) is 0 Å². The van der Waals surface area contributed by atoms with E-state index in [0.29, 0.717) is 75.9 Å². The van der Waals surface area contributed by atoms with E-state index < -0.39 is 55.2 Å². The fraction of sp³-hybridized carbons (Fsp3) is 0.429. The highest BCUT2D eigenvalue weighted by Gasteiger charge is 2.39. The van der Waals surface area contributed by atoms with Crippen LogP contribution in [-0.2, 0) is 33.1 Å². The van der Waals surface area contributed by atoms with E-state index in [9.17, 15) is 34.4 Å². The molecule has 0 amide bonds. The average molecular weight is 1080 g/mol. The second-order valence-electron chi connectivity index (χ2n) is 18.3. The molecule has 1 aliphatic carbocycles. The smallest absolute Gasteiger partial charge is 0.314 e. The van der Waals surface area contributed by atoms with Crippen molar-refractivity contribution < 1.29 is 43.2 Å². The third-order valence-electron chi connectivity index (χ3n) is 13.8. The number of halogens is 6. The second-order valence-corrected chi connectivity index (χ2v) is 23.5. The molecule has 0 radical (unpaired) electrons. The van der Waals surface area contributed by atoms with Crippen LogP contribution in [0.1, 0.15) is 80.7 Å². The molecule has 384 valence electrons. The number of aromatic nitrogens is 4. The van der Waals surface area contributed by atoms with Crippen molar-refractivity contribution in [2.45, 2.75) is 93.5 Å². The summed E-state index contributed by atoms with van der Waals surface area (Å²) in [5, 5.41) is 17.2. The van der Waals surface area contributed by atoms with Crippen LogP contribution in [0.5, 0.6) is 0 Å².